The number of furan rings is 1. The first kappa shape index (κ1) is 22.9. The molecule has 0 aliphatic carbocycles. The van der Waals surface area contributed by atoms with Gasteiger partial charge in [0, 0.05) is 24.1 Å². The number of benzene rings is 2. The van der Waals surface area contributed by atoms with E-state index in [9.17, 15) is 9.59 Å². The highest BCUT2D eigenvalue weighted by Gasteiger charge is 2.17. The summed E-state index contributed by atoms with van der Waals surface area (Å²) in [6.45, 7) is 0. The second-order valence-corrected chi connectivity index (χ2v) is 8.02. The van der Waals surface area contributed by atoms with Gasteiger partial charge in [-0.15, -0.1) is 0 Å². The quantitative estimate of drug-likeness (QED) is 0.338. The Morgan fingerprint density at radius 1 is 1.03 bits per heavy atom. The molecule has 0 saturated heterocycles. The Hall–Kier alpha value is -4.92. The summed E-state index contributed by atoms with van der Waals surface area (Å²) in [5, 5.41) is 7.45. The summed E-state index contributed by atoms with van der Waals surface area (Å²) in [5.41, 5.74) is 2.43. The zero-order valence-electron chi connectivity index (χ0n) is 19.5. The van der Waals surface area contributed by atoms with Gasteiger partial charge in [0.15, 0.2) is 5.76 Å². The third-order valence-electron chi connectivity index (χ3n) is 5.55. The van der Waals surface area contributed by atoms with Gasteiger partial charge in [-0.05, 0) is 36.2 Å². The van der Waals surface area contributed by atoms with Crippen molar-refractivity contribution in [2.45, 2.75) is 12.8 Å². The van der Waals surface area contributed by atoms with Crippen molar-refractivity contribution in [1.82, 2.24) is 19.7 Å². The Bertz CT molecular complexity index is 1520. The predicted molar refractivity (Wildman–Crippen MR) is 135 cm³/mol. The summed E-state index contributed by atoms with van der Waals surface area (Å²) in [6.07, 6.45) is 2.34. The van der Waals surface area contributed by atoms with E-state index in [0.29, 0.717) is 29.4 Å². The molecule has 36 heavy (non-hydrogen) atoms. The smallest absolute Gasteiger partial charge is 0.252 e. The minimum atomic E-state index is -0.342. The molecule has 1 amide bonds. The van der Waals surface area contributed by atoms with Gasteiger partial charge in [-0.3, -0.25) is 14.6 Å². The number of hydrogen-bond donors (Lipinski definition) is 2. The number of nitrogens with one attached hydrogen (secondary N) is 2. The first-order valence-corrected chi connectivity index (χ1v) is 11.3. The van der Waals surface area contributed by atoms with E-state index in [2.05, 4.69) is 20.4 Å². The summed E-state index contributed by atoms with van der Waals surface area (Å²) in [7, 11) is 1.61. The van der Waals surface area contributed by atoms with Crippen LogP contribution in [0, 0.1) is 0 Å². The summed E-state index contributed by atoms with van der Waals surface area (Å²) in [6, 6.07) is 23.5. The molecule has 2 aromatic carbocycles. The summed E-state index contributed by atoms with van der Waals surface area (Å²) < 4.78 is 12.1. The Balaban J connectivity index is 1.44. The third kappa shape index (κ3) is 5.10. The first-order valence-electron chi connectivity index (χ1n) is 11.3. The van der Waals surface area contributed by atoms with Crippen LogP contribution in [-0.4, -0.2) is 32.8 Å². The molecule has 180 valence electrons. The molecule has 9 nitrogen and oxygen atoms in total. The third-order valence-corrected chi connectivity index (χ3v) is 5.55. The number of aromatic nitrogens is 4. The van der Waals surface area contributed by atoms with Crippen molar-refractivity contribution >= 4 is 11.7 Å². The molecular weight excluding hydrogens is 458 g/mol. The lowest BCUT2D eigenvalue weighted by atomic mass is 10.1. The molecule has 3 aromatic heterocycles. The highest BCUT2D eigenvalue weighted by molar-refractivity contribution is 5.90. The lowest BCUT2D eigenvalue weighted by Gasteiger charge is -2.09. The number of amides is 1. The molecule has 0 saturated carbocycles. The average molecular weight is 482 g/mol. The number of aromatic amines is 1. The number of anilines is 1. The van der Waals surface area contributed by atoms with E-state index >= 15 is 0 Å². The van der Waals surface area contributed by atoms with Crippen LogP contribution in [0.2, 0.25) is 0 Å². The SMILES string of the molecule is COc1ccc(CCC(=O)Nc2cc(-c3ccco3)nn2-c2nc(-c3ccccc3)cc(=O)[nH]2)cc1. The van der Waals surface area contributed by atoms with Crippen LogP contribution in [0.25, 0.3) is 28.7 Å². The van der Waals surface area contributed by atoms with Gasteiger partial charge in [0.25, 0.3) is 5.56 Å². The number of aryl methyl sites for hydroxylation is 1. The molecule has 2 N–H and O–H groups in total. The number of nitrogens with zero attached hydrogens (tertiary/aromatic N) is 3. The topological polar surface area (TPSA) is 115 Å². The number of ether oxygens (including phenoxy) is 1. The Kier molecular flexibility index (Phi) is 6.44. The molecular formula is C27H23N5O4. The van der Waals surface area contributed by atoms with E-state index < -0.39 is 0 Å². The standard InChI is InChI=1S/C27H23N5O4/c1-35-20-12-9-18(10-13-20)11-14-25(33)29-24-16-22(23-8-5-15-36-23)31-32(24)27-28-21(17-26(34)30-27)19-6-3-2-4-7-19/h2-10,12-13,15-17H,11,14H2,1H3,(H,29,33)(H,28,30,34). The van der Waals surface area contributed by atoms with Crippen molar-refractivity contribution in [2.24, 2.45) is 0 Å². The van der Waals surface area contributed by atoms with Crippen LogP contribution in [0.1, 0.15) is 12.0 Å². The molecule has 0 unspecified atom stereocenters. The van der Waals surface area contributed by atoms with Crippen molar-refractivity contribution < 1.29 is 13.9 Å². The zero-order valence-corrected chi connectivity index (χ0v) is 19.5. The minimum Gasteiger partial charge on any atom is -0.497 e. The number of rotatable bonds is 8. The molecule has 5 aromatic rings. The first-order chi connectivity index (χ1) is 17.6. The highest BCUT2D eigenvalue weighted by Crippen LogP contribution is 2.25. The average Bonchev–Trinajstić information content (AvgIpc) is 3.58. The van der Waals surface area contributed by atoms with Crippen LogP contribution in [0.15, 0.2) is 94.3 Å². The molecule has 0 atom stereocenters. The van der Waals surface area contributed by atoms with E-state index in [4.69, 9.17) is 9.15 Å². The fourth-order valence-corrected chi connectivity index (χ4v) is 3.73. The summed E-state index contributed by atoms with van der Waals surface area (Å²) in [5.74, 6) is 1.60. The van der Waals surface area contributed by atoms with E-state index in [1.54, 1.807) is 25.3 Å². The maximum absolute atomic E-state index is 12.9. The number of methoxy groups -OCH3 is 1. The fraction of sp³-hybridized carbons (Fsp3) is 0.111. The van der Waals surface area contributed by atoms with Crippen molar-refractivity contribution in [1.29, 1.82) is 0 Å². The molecule has 5 rings (SSSR count). The predicted octanol–water partition coefficient (Wildman–Crippen LogP) is 4.46. The van der Waals surface area contributed by atoms with Crippen LogP contribution < -0.4 is 15.6 Å². The van der Waals surface area contributed by atoms with Crippen LogP contribution in [0.3, 0.4) is 0 Å². The van der Waals surface area contributed by atoms with Crippen LogP contribution in [-0.2, 0) is 11.2 Å². The molecule has 0 spiro atoms. The monoisotopic (exact) mass is 481 g/mol. The van der Waals surface area contributed by atoms with Gasteiger partial charge in [-0.25, -0.2) is 4.98 Å². The van der Waals surface area contributed by atoms with Gasteiger partial charge < -0.3 is 14.5 Å². The lowest BCUT2D eigenvalue weighted by molar-refractivity contribution is -0.116. The van der Waals surface area contributed by atoms with Crippen molar-refractivity contribution in [3.63, 3.8) is 0 Å². The van der Waals surface area contributed by atoms with Crippen molar-refractivity contribution in [3.8, 4) is 34.4 Å². The summed E-state index contributed by atoms with van der Waals surface area (Å²) in [4.78, 5) is 32.6. The highest BCUT2D eigenvalue weighted by atomic mass is 16.5. The number of carbonyl (C=O) groups is 1. The normalized spacial score (nSPS) is 10.8. The van der Waals surface area contributed by atoms with Crippen LogP contribution in [0.5, 0.6) is 5.75 Å². The van der Waals surface area contributed by atoms with Gasteiger partial charge >= 0.3 is 0 Å². The van der Waals surface area contributed by atoms with E-state index in [0.717, 1.165) is 16.9 Å². The molecule has 0 radical (unpaired) electrons. The minimum absolute atomic E-state index is 0.171. The second kappa shape index (κ2) is 10.1. The zero-order chi connectivity index (χ0) is 24.9. The van der Waals surface area contributed by atoms with Crippen LogP contribution in [0.4, 0.5) is 5.82 Å². The molecule has 9 heteroatoms. The maximum Gasteiger partial charge on any atom is 0.252 e. The summed E-state index contributed by atoms with van der Waals surface area (Å²) >= 11 is 0. The molecule has 0 fully saturated rings. The van der Waals surface area contributed by atoms with Gasteiger partial charge in [-0.1, -0.05) is 42.5 Å². The van der Waals surface area contributed by atoms with E-state index in [1.165, 1.54) is 17.0 Å². The molecule has 0 bridgehead atoms. The lowest BCUT2D eigenvalue weighted by Crippen LogP contribution is -2.19. The Labute approximate surface area is 206 Å². The van der Waals surface area contributed by atoms with E-state index in [1.807, 2.05) is 54.6 Å². The Morgan fingerprint density at radius 3 is 2.56 bits per heavy atom. The molecule has 3 heterocycles. The molecule has 0 aliphatic heterocycles. The van der Waals surface area contributed by atoms with Gasteiger partial charge in [0.05, 0.1) is 19.1 Å². The van der Waals surface area contributed by atoms with Gasteiger partial charge in [0.1, 0.15) is 17.3 Å². The van der Waals surface area contributed by atoms with Crippen LogP contribution >= 0.6 is 0 Å². The Morgan fingerprint density at radius 2 is 1.83 bits per heavy atom. The second-order valence-electron chi connectivity index (χ2n) is 8.02. The van der Waals surface area contributed by atoms with Gasteiger partial charge in [-0.2, -0.15) is 9.78 Å². The number of H-pyrrole nitrogens is 1. The maximum atomic E-state index is 12.9. The number of carbonyl (C=O) groups excluding carboxylic acids is 1. The largest absolute Gasteiger partial charge is 0.497 e. The van der Waals surface area contributed by atoms with Crippen molar-refractivity contribution in [2.75, 3.05) is 12.4 Å². The number of hydrogen-bond acceptors (Lipinski definition) is 6. The fourth-order valence-electron chi connectivity index (χ4n) is 3.73. The molecule has 0 aliphatic rings. The van der Waals surface area contributed by atoms with Gasteiger partial charge in [0.2, 0.25) is 11.9 Å². The van der Waals surface area contributed by atoms with E-state index in [-0.39, 0.29) is 23.8 Å². The van der Waals surface area contributed by atoms with Crippen molar-refractivity contribution in [3.05, 3.63) is 101 Å².